The summed E-state index contributed by atoms with van der Waals surface area (Å²) in [6, 6.07) is 1.38. The van der Waals surface area contributed by atoms with Gasteiger partial charge in [0.05, 0.1) is 9.13 Å². The molecule has 5 heteroatoms. The van der Waals surface area contributed by atoms with Crippen molar-refractivity contribution in [3.63, 3.8) is 0 Å². The molecule has 2 nitrogen and oxygen atoms in total. The molecule has 0 aliphatic carbocycles. The molecule has 1 rings (SSSR count). The molecule has 0 saturated heterocycles. The van der Waals surface area contributed by atoms with E-state index >= 15 is 0 Å². The lowest BCUT2D eigenvalue weighted by atomic mass is 10.1. The van der Waals surface area contributed by atoms with Crippen molar-refractivity contribution in [2.45, 2.75) is 6.92 Å². The molecule has 82 valence electrons. The van der Waals surface area contributed by atoms with Gasteiger partial charge in [0.25, 0.3) is 5.91 Å². The van der Waals surface area contributed by atoms with Crippen molar-refractivity contribution in [3.05, 3.63) is 31.1 Å². The zero-order valence-electron chi connectivity index (χ0n) is 8.57. The Hall–Kier alpha value is -0.170. The molecule has 0 unspecified atom stereocenters. The van der Waals surface area contributed by atoms with Gasteiger partial charge in [0, 0.05) is 18.6 Å². The number of carbonyl (C=O) groups is 1. The Morgan fingerprint density at radius 2 is 2.07 bits per heavy atom. The van der Waals surface area contributed by atoms with Gasteiger partial charge in [-0.15, -0.1) is 0 Å². The zero-order chi connectivity index (χ0) is 11.7. The first-order valence-electron chi connectivity index (χ1n) is 4.22. The summed E-state index contributed by atoms with van der Waals surface area (Å²) >= 11 is 5.09. The molecule has 0 aromatic heterocycles. The van der Waals surface area contributed by atoms with E-state index in [9.17, 15) is 9.18 Å². The molecule has 0 fully saturated rings. The van der Waals surface area contributed by atoms with Crippen LogP contribution in [0.25, 0.3) is 0 Å². The van der Waals surface area contributed by atoms with Crippen LogP contribution in [0.1, 0.15) is 15.9 Å². The van der Waals surface area contributed by atoms with Gasteiger partial charge >= 0.3 is 0 Å². The predicted molar refractivity (Wildman–Crippen MR) is 69.6 cm³/mol. The third-order valence-electron chi connectivity index (χ3n) is 2.04. The maximum Gasteiger partial charge on any atom is 0.254 e. The molecule has 0 aliphatic heterocycles. The Bertz CT molecular complexity index is 394. The molecule has 0 spiro atoms. The maximum absolute atomic E-state index is 13.4. The van der Waals surface area contributed by atoms with Crippen LogP contribution in [-0.2, 0) is 0 Å². The number of carbonyl (C=O) groups excluding carboxylic acids is 1. The van der Waals surface area contributed by atoms with Gasteiger partial charge in [0.2, 0.25) is 0 Å². The second-order valence-corrected chi connectivity index (χ2v) is 5.29. The average Bonchev–Trinajstić information content (AvgIpc) is 2.15. The highest BCUT2D eigenvalue weighted by molar-refractivity contribution is 14.1. The van der Waals surface area contributed by atoms with Crippen LogP contribution in [0.4, 0.5) is 4.39 Å². The minimum absolute atomic E-state index is 0.183. The fourth-order valence-electron chi connectivity index (χ4n) is 1.16. The SMILES string of the molecule is Cc1c(Br)cc(F)c(I)c1C(=O)N(C)C. The van der Waals surface area contributed by atoms with Crippen LogP contribution in [0.3, 0.4) is 0 Å². The molecule has 0 N–H and O–H groups in total. The summed E-state index contributed by atoms with van der Waals surface area (Å²) in [5.74, 6) is -0.560. The molecular weight excluding hydrogens is 376 g/mol. The topological polar surface area (TPSA) is 20.3 Å². The van der Waals surface area contributed by atoms with Crippen molar-refractivity contribution >= 4 is 44.4 Å². The normalized spacial score (nSPS) is 10.3. The van der Waals surface area contributed by atoms with Crippen LogP contribution in [0.15, 0.2) is 10.5 Å². The lowest BCUT2D eigenvalue weighted by Gasteiger charge is -2.15. The maximum atomic E-state index is 13.4. The van der Waals surface area contributed by atoms with E-state index in [1.807, 2.05) is 22.6 Å². The minimum atomic E-state index is -0.377. The van der Waals surface area contributed by atoms with Crippen LogP contribution in [0.5, 0.6) is 0 Å². The Balaban J connectivity index is 3.46. The number of nitrogens with zero attached hydrogens (tertiary/aromatic N) is 1. The van der Waals surface area contributed by atoms with E-state index in [-0.39, 0.29) is 11.7 Å². The Morgan fingerprint density at radius 1 is 1.53 bits per heavy atom. The van der Waals surface area contributed by atoms with Crippen molar-refractivity contribution in [2.24, 2.45) is 0 Å². The Morgan fingerprint density at radius 3 is 2.53 bits per heavy atom. The van der Waals surface area contributed by atoms with Crippen LogP contribution < -0.4 is 0 Å². The summed E-state index contributed by atoms with van der Waals surface area (Å²) in [5, 5.41) is 0. The van der Waals surface area contributed by atoms with Gasteiger partial charge < -0.3 is 4.90 Å². The van der Waals surface area contributed by atoms with Gasteiger partial charge in [0.15, 0.2) is 0 Å². The van der Waals surface area contributed by atoms with E-state index < -0.39 is 0 Å². The molecule has 0 saturated carbocycles. The smallest absolute Gasteiger partial charge is 0.254 e. The van der Waals surface area contributed by atoms with Crippen molar-refractivity contribution in [1.29, 1.82) is 0 Å². The quantitative estimate of drug-likeness (QED) is 0.537. The molecular formula is C10H10BrFINO. The highest BCUT2D eigenvalue weighted by Crippen LogP contribution is 2.27. The minimum Gasteiger partial charge on any atom is -0.345 e. The summed E-state index contributed by atoms with van der Waals surface area (Å²) in [4.78, 5) is 13.3. The van der Waals surface area contributed by atoms with Gasteiger partial charge in [-0.05, 0) is 41.1 Å². The molecule has 1 aromatic carbocycles. The van der Waals surface area contributed by atoms with Gasteiger partial charge in [-0.25, -0.2) is 4.39 Å². The zero-order valence-corrected chi connectivity index (χ0v) is 12.3. The van der Waals surface area contributed by atoms with Crippen LogP contribution >= 0.6 is 38.5 Å². The highest BCUT2D eigenvalue weighted by Gasteiger charge is 2.20. The molecule has 1 aromatic rings. The van der Waals surface area contributed by atoms with E-state index in [0.29, 0.717) is 13.6 Å². The van der Waals surface area contributed by atoms with Crippen LogP contribution in [-0.4, -0.2) is 24.9 Å². The van der Waals surface area contributed by atoms with Crippen molar-refractivity contribution in [3.8, 4) is 0 Å². The first kappa shape index (κ1) is 12.9. The third-order valence-corrected chi connectivity index (χ3v) is 3.91. The summed E-state index contributed by atoms with van der Waals surface area (Å²) in [6.45, 7) is 1.79. The van der Waals surface area contributed by atoms with Crippen LogP contribution in [0, 0.1) is 16.3 Å². The van der Waals surface area contributed by atoms with Crippen molar-refractivity contribution < 1.29 is 9.18 Å². The fourth-order valence-corrected chi connectivity index (χ4v) is 2.35. The predicted octanol–water partition coefficient (Wildman–Crippen LogP) is 3.20. The van der Waals surface area contributed by atoms with Crippen molar-refractivity contribution in [2.75, 3.05) is 14.1 Å². The second-order valence-electron chi connectivity index (χ2n) is 3.35. The molecule has 0 bridgehead atoms. The summed E-state index contributed by atoms with van der Waals surface area (Å²) < 4.78 is 14.4. The molecule has 0 atom stereocenters. The number of amides is 1. The van der Waals surface area contributed by atoms with Gasteiger partial charge in [-0.3, -0.25) is 4.79 Å². The lowest BCUT2D eigenvalue weighted by Crippen LogP contribution is -2.24. The van der Waals surface area contributed by atoms with Gasteiger partial charge in [-0.2, -0.15) is 0 Å². The number of halogens is 3. The standard InChI is InChI=1S/C10H10BrFINO/c1-5-6(11)4-7(12)9(13)8(5)10(15)14(2)3/h4H,1-3H3. The lowest BCUT2D eigenvalue weighted by molar-refractivity contribution is 0.0825. The van der Waals surface area contributed by atoms with Crippen molar-refractivity contribution in [1.82, 2.24) is 4.90 Å². The third kappa shape index (κ3) is 2.50. The molecule has 15 heavy (non-hydrogen) atoms. The first-order chi connectivity index (χ1) is 6.86. The number of hydrogen-bond acceptors (Lipinski definition) is 1. The highest BCUT2D eigenvalue weighted by atomic mass is 127. The molecule has 1 amide bonds. The van der Waals surface area contributed by atoms with E-state index in [1.165, 1.54) is 11.0 Å². The van der Waals surface area contributed by atoms with E-state index in [1.54, 1.807) is 21.0 Å². The fraction of sp³-hybridized carbons (Fsp3) is 0.300. The molecule has 0 aliphatic rings. The summed E-state index contributed by atoms with van der Waals surface area (Å²) in [6.07, 6.45) is 0. The van der Waals surface area contributed by atoms with E-state index in [4.69, 9.17) is 0 Å². The first-order valence-corrected chi connectivity index (χ1v) is 6.09. The molecule has 0 radical (unpaired) electrons. The van der Waals surface area contributed by atoms with E-state index in [0.717, 1.165) is 5.56 Å². The van der Waals surface area contributed by atoms with Crippen LogP contribution in [0.2, 0.25) is 0 Å². The monoisotopic (exact) mass is 385 g/mol. The average molecular weight is 386 g/mol. The van der Waals surface area contributed by atoms with Gasteiger partial charge in [0.1, 0.15) is 5.82 Å². The summed E-state index contributed by atoms with van der Waals surface area (Å²) in [5.41, 5.74) is 1.19. The van der Waals surface area contributed by atoms with Gasteiger partial charge in [-0.1, -0.05) is 15.9 Å². The Kier molecular flexibility index (Phi) is 4.11. The number of hydrogen-bond donors (Lipinski definition) is 0. The molecule has 0 heterocycles. The largest absolute Gasteiger partial charge is 0.345 e. The number of benzene rings is 1. The number of rotatable bonds is 1. The second kappa shape index (κ2) is 4.78. The van der Waals surface area contributed by atoms with E-state index in [2.05, 4.69) is 15.9 Å². The Labute approximate surface area is 110 Å². The summed E-state index contributed by atoms with van der Waals surface area (Å²) in [7, 11) is 3.30.